The highest BCUT2D eigenvalue weighted by atomic mass is 16.5. The van der Waals surface area contributed by atoms with Gasteiger partial charge in [0.05, 0.1) is 49.5 Å². The van der Waals surface area contributed by atoms with E-state index in [9.17, 15) is 4.79 Å². The van der Waals surface area contributed by atoms with Gasteiger partial charge in [0, 0.05) is 26.1 Å². The van der Waals surface area contributed by atoms with Crippen molar-refractivity contribution < 1.29 is 14.3 Å². The molecule has 0 bridgehead atoms. The maximum absolute atomic E-state index is 12.9. The SMILES string of the molecule is COCCn1nc2c(c1C(=O)NCc1cnnn1C)C[C@H](C)O[C@@H]2C. The summed E-state index contributed by atoms with van der Waals surface area (Å²) in [5.74, 6) is -0.160. The fraction of sp³-hybridized carbons (Fsp3) is 0.625. The molecule has 0 radical (unpaired) electrons. The van der Waals surface area contributed by atoms with E-state index < -0.39 is 0 Å². The Morgan fingerprint density at radius 1 is 1.48 bits per heavy atom. The van der Waals surface area contributed by atoms with Crippen molar-refractivity contribution in [2.45, 2.75) is 45.6 Å². The molecule has 2 aromatic heterocycles. The number of carbonyl (C=O) groups excluding carboxylic acids is 1. The van der Waals surface area contributed by atoms with Gasteiger partial charge in [0.25, 0.3) is 5.91 Å². The quantitative estimate of drug-likeness (QED) is 0.822. The van der Waals surface area contributed by atoms with Crippen LogP contribution in [-0.4, -0.2) is 50.5 Å². The number of methoxy groups -OCH3 is 1. The van der Waals surface area contributed by atoms with Crippen LogP contribution in [0.2, 0.25) is 0 Å². The third-order valence-electron chi connectivity index (χ3n) is 4.36. The topological polar surface area (TPSA) is 96.1 Å². The Morgan fingerprint density at radius 2 is 2.28 bits per heavy atom. The lowest BCUT2D eigenvalue weighted by Gasteiger charge is -2.24. The molecule has 0 unspecified atom stereocenters. The Kier molecular flexibility index (Phi) is 5.14. The molecule has 136 valence electrons. The van der Waals surface area contributed by atoms with Crippen LogP contribution in [0.4, 0.5) is 0 Å². The molecule has 0 saturated heterocycles. The molecule has 0 spiro atoms. The summed E-state index contributed by atoms with van der Waals surface area (Å²) in [5, 5.41) is 15.2. The van der Waals surface area contributed by atoms with E-state index in [4.69, 9.17) is 9.47 Å². The molecule has 3 heterocycles. The summed E-state index contributed by atoms with van der Waals surface area (Å²) in [6.07, 6.45) is 2.23. The monoisotopic (exact) mass is 348 g/mol. The Bertz CT molecular complexity index is 753. The van der Waals surface area contributed by atoms with Crippen LogP contribution >= 0.6 is 0 Å². The number of aryl methyl sites for hydroxylation is 1. The number of carbonyl (C=O) groups is 1. The molecule has 0 aliphatic carbocycles. The van der Waals surface area contributed by atoms with Crippen molar-refractivity contribution in [2.75, 3.05) is 13.7 Å². The lowest BCUT2D eigenvalue weighted by atomic mass is 9.99. The van der Waals surface area contributed by atoms with Gasteiger partial charge in [-0.05, 0) is 13.8 Å². The van der Waals surface area contributed by atoms with Crippen molar-refractivity contribution in [1.29, 1.82) is 0 Å². The first kappa shape index (κ1) is 17.6. The smallest absolute Gasteiger partial charge is 0.270 e. The van der Waals surface area contributed by atoms with Crippen LogP contribution in [0.15, 0.2) is 6.20 Å². The number of hydrogen-bond acceptors (Lipinski definition) is 6. The van der Waals surface area contributed by atoms with E-state index in [1.165, 1.54) is 0 Å². The molecule has 2 aromatic rings. The average molecular weight is 348 g/mol. The Hall–Kier alpha value is -2.26. The summed E-state index contributed by atoms with van der Waals surface area (Å²) in [6.45, 7) is 5.33. The zero-order chi connectivity index (χ0) is 18.0. The molecule has 1 aliphatic rings. The molecule has 0 saturated carbocycles. The molecule has 1 aliphatic heterocycles. The highest BCUT2D eigenvalue weighted by Gasteiger charge is 2.32. The van der Waals surface area contributed by atoms with Crippen LogP contribution in [0.1, 0.15) is 47.4 Å². The molecule has 3 rings (SSSR count). The lowest BCUT2D eigenvalue weighted by molar-refractivity contribution is -0.00716. The highest BCUT2D eigenvalue weighted by Crippen LogP contribution is 2.31. The van der Waals surface area contributed by atoms with Gasteiger partial charge in [-0.15, -0.1) is 5.10 Å². The summed E-state index contributed by atoms with van der Waals surface area (Å²) in [6, 6.07) is 0. The first-order valence-electron chi connectivity index (χ1n) is 8.37. The zero-order valence-corrected chi connectivity index (χ0v) is 15.0. The molecule has 2 atom stereocenters. The third-order valence-corrected chi connectivity index (χ3v) is 4.36. The van der Waals surface area contributed by atoms with E-state index in [0.717, 1.165) is 17.0 Å². The van der Waals surface area contributed by atoms with Crippen molar-refractivity contribution >= 4 is 5.91 Å². The number of fused-ring (bicyclic) bond motifs is 1. The van der Waals surface area contributed by atoms with Gasteiger partial charge in [-0.3, -0.25) is 14.2 Å². The van der Waals surface area contributed by atoms with Gasteiger partial charge in [-0.2, -0.15) is 5.10 Å². The predicted octanol–water partition coefficient (Wildman–Crippen LogP) is 0.610. The minimum atomic E-state index is -0.160. The molecule has 9 heteroatoms. The summed E-state index contributed by atoms with van der Waals surface area (Å²) in [5.41, 5.74) is 3.21. The second kappa shape index (κ2) is 7.32. The molecule has 1 amide bonds. The summed E-state index contributed by atoms with van der Waals surface area (Å²) in [7, 11) is 3.42. The van der Waals surface area contributed by atoms with Gasteiger partial charge in [0.15, 0.2) is 0 Å². The minimum absolute atomic E-state index is 0.0513. The van der Waals surface area contributed by atoms with Crippen LogP contribution in [0.25, 0.3) is 0 Å². The zero-order valence-electron chi connectivity index (χ0n) is 15.0. The van der Waals surface area contributed by atoms with E-state index in [1.54, 1.807) is 29.7 Å². The standard InChI is InChI=1S/C16H24N6O3/c1-10-7-13-14(11(2)25-10)19-22(5-6-24-4)15(13)16(23)17-8-12-9-18-20-21(12)3/h9-11H,5-8H2,1-4H3,(H,17,23)/t10-,11+/m0/s1. The number of nitrogens with zero attached hydrogens (tertiary/aromatic N) is 5. The molecule has 0 aromatic carbocycles. The number of ether oxygens (including phenoxy) is 2. The van der Waals surface area contributed by atoms with Crippen molar-refractivity contribution in [3.63, 3.8) is 0 Å². The van der Waals surface area contributed by atoms with E-state index in [-0.39, 0.29) is 18.1 Å². The van der Waals surface area contributed by atoms with E-state index in [0.29, 0.717) is 31.8 Å². The normalized spacial score (nSPS) is 19.7. The van der Waals surface area contributed by atoms with Crippen molar-refractivity contribution in [2.24, 2.45) is 7.05 Å². The summed E-state index contributed by atoms with van der Waals surface area (Å²) >= 11 is 0. The Labute approximate surface area is 146 Å². The molecule has 0 fully saturated rings. The lowest BCUT2D eigenvalue weighted by Crippen LogP contribution is -2.29. The van der Waals surface area contributed by atoms with Gasteiger partial charge < -0.3 is 14.8 Å². The van der Waals surface area contributed by atoms with E-state index in [1.807, 2.05) is 13.8 Å². The van der Waals surface area contributed by atoms with Crippen LogP contribution < -0.4 is 5.32 Å². The molecular weight excluding hydrogens is 324 g/mol. The van der Waals surface area contributed by atoms with Crippen LogP contribution in [0.3, 0.4) is 0 Å². The maximum Gasteiger partial charge on any atom is 0.270 e. The first-order chi connectivity index (χ1) is 12.0. The number of rotatable bonds is 6. The number of nitrogens with one attached hydrogen (secondary N) is 1. The Morgan fingerprint density at radius 3 is 2.96 bits per heavy atom. The van der Waals surface area contributed by atoms with Crippen molar-refractivity contribution in [3.05, 3.63) is 28.8 Å². The van der Waals surface area contributed by atoms with Gasteiger partial charge in [0.2, 0.25) is 0 Å². The van der Waals surface area contributed by atoms with Crippen LogP contribution in [0, 0.1) is 0 Å². The van der Waals surface area contributed by atoms with Crippen molar-refractivity contribution in [3.8, 4) is 0 Å². The van der Waals surface area contributed by atoms with Gasteiger partial charge in [0.1, 0.15) is 5.69 Å². The number of amides is 1. The van der Waals surface area contributed by atoms with E-state index >= 15 is 0 Å². The second-order valence-electron chi connectivity index (χ2n) is 6.25. The highest BCUT2D eigenvalue weighted by molar-refractivity contribution is 5.94. The fourth-order valence-electron chi connectivity index (χ4n) is 3.11. The Balaban J connectivity index is 1.87. The van der Waals surface area contributed by atoms with E-state index in [2.05, 4.69) is 20.7 Å². The summed E-state index contributed by atoms with van der Waals surface area (Å²) < 4.78 is 14.4. The van der Waals surface area contributed by atoms with Gasteiger partial charge >= 0.3 is 0 Å². The molecule has 1 N–H and O–H groups in total. The number of hydrogen-bond donors (Lipinski definition) is 1. The molecule has 25 heavy (non-hydrogen) atoms. The van der Waals surface area contributed by atoms with Gasteiger partial charge in [-0.1, -0.05) is 5.21 Å². The minimum Gasteiger partial charge on any atom is -0.383 e. The molecular formula is C16H24N6O3. The molecule has 9 nitrogen and oxygen atoms in total. The second-order valence-corrected chi connectivity index (χ2v) is 6.25. The summed E-state index contributed by atoms with van der Waals surface area (Å²) in [4.78, 5) is 12.9. The maximum atomic E-state index is 12.9. The predicted molar refractivity (Wildman–Crippen MR) is 88.9 cm³/mol. The van der Waals surface area contributed by atoms with Gasteiger partial charge in [-0.25, -0.2) is 0 Å². The van der Waals surface area contributed by atoms with Crippen molar-refractivity contribution in [1.82, 2.24) is 30.1 Å². The largest absolute Gasteiger partial charge is 0.383 e. The fourth-order valence-corrected chi connectivity index (χ4v) is 3.11. The first-order valence-corrected chi connectivity index (χ1v) is 8.37. The number of aromatic nitrogens is 5. The average Bonchev–Trinajstić information content (AvgIpc) is 3.14. The van der Waals surface area contributed by atoms with Crippen LogP contribution in [0.5, 0.6) is 0 Å². The van der Waals surface area contributed by atoms with Crippen LogP contribution in [-0.2, 0) is 36.0 Å². The third kappa shape index (κ3) is 3.57.